The maximum Gasteiger partial charge on any atom is 0.173 e. The van der Waals surface area contributed by atoms with Crippen LogP contribution in [0, 0.1) is 0 Å². The standard InChI is InChI=1S/C3H5N3OS/c4-8-7-6-3-1-2-5-6/h1-3H,4H2. The summed E-state index contributed by atoms with van der Waals surface area (Å²) in [4.78, 5) is 1.27. The molecular weight excluding hydrogens is 126 g/mol. The van der Waals surface area contributed by atoms with E-state index in [2.05, 4.69) is 9.38 Å². The Hall–Kier alpha value is -0.680. The highest BCUT2D eigenvalue weighted by molar-refractivity contribution is 7.92. The molecule has 0 fully saturated rings. The molecule has 0 radical (unpaired) electrons. The second-order valence-corrected chi connectivity index (χ2v) is 1.42. The van der Waals surface area contributed by atoms with Crippen molar-refractivity contribution in [3.05, 3.63) is 18.5 Å². The maximum absolute atomic E-state index is 4.95. The summed E-state index contributed by atoms with van der Waals surface area (Å²) in [5.41, 5.74) is 0. The Morgan fingerprint density at radius 1 is 1.75 bits per heavy atom. The molecule has 0 atom stereocenters. The monoisotopic (exact) mass is 131 g/mol. The molecule has 0 aromatic carbocycles. The molecule has 0 amide bonds. The van der Waals surface area contributed by atoms with E-state index in [0.29, 0.717) is 0 Å². The summed E-state index contributed by atoms with van der Waals surface area (Å²) in [5.74, 6) is 0. The molecule has 0 aliphatic rings. The SMILES string of the molecule is NSOn1cccn1. The van der Waals surface area contributed by atoms with Crippen molar-refractivity contribution in [2.75, 3.05) is 0 Å². The van der Waals surface area contributed by atoms with E-state index in [1.165, 1.54) is 4.85 Å². The van der Waals surface area contributed by atoms with Gasteiger partial charge in [-0.05, 0) is 6.07 Å². The van der Waals surface area contributed by atoms with Gasteiger partial charge in [0.25, 0.3) is 0 Å². The highest BCUT2D eigenvalue weighted by Gasteiger charge is 1.83. The molecule has 1 heterocycles. The number of hydrogen-bond acceptors (Lipinski definition) is 4. The number of hydrogen-bond donors (Lipinski definition) is 1. The number of rotatable bonds is 2. The van der Waals surface area contributed by atoms with E-state index in [1.807, 2.05) is 0 Å². The van der Waals surface area contributed by atoms with Gasteiger partial charge in [0.1, 0.15) is 0 Å². The van der Waals surface area contributed by atoms with Crippen molar-refractivity contribution in [1.82, 2.24) is 9.94 Å². The maximum atomic E-state index is 4.95. The molecule has 4 nitrogen and oxygen atoms in total. The second kappa shape index (κ2) is 2.58. The minimum atomic E-state index is 0.760. The first-order chi connectivity index (χ1) is 3.93. The lowest BCUT2D eigenvalue weighted by molar-refractivity contribution is 0.276. The Kier molecular flexibility index (Phi) is 1.76. The van der Waals surface area contributed by atoms with Crippen LogP contribution in [0.5, 0.6) is 0 Å². The first-order valence-electron chi connectivity index (χ1n) is 1.97. The lowest BCUT2D eigenvalue weighted by Gasteiger charge is -1.93. The molecule has 0 saturated carbocycles. The van der Waals surface area contributed by atoms with Crippen LogP contribution in [-0.4, -0.2) is 9.94 Å². The average molecular weight is 131 g/mol. The van der Waals surface area contributed by atoms with Crippen molar-refractivity contribution in [2.45, 2.75) is 0 Å². The average Bonchev–Trinajstić information content (AvgIpc) is 2.19. The fourth-order valence-corrected chi connectivity index (χ4v) is 0.519. The van der Waals surface area contributed by atoms with Crippen LogP contribution in [0.4, 0.5) is 0 Å². The van der Waals surface area contributed by atoms with Crippen molar-refractivity contribution in [3.8, 4) is 0 Å². The summed E-state index contributed by atoms with van der Waals surface area (Å²) in [6.07, 6.45) is 3.26. The summed E-state index contributed by atoms with van der Waals surface area (Å²) in [7, 11) is 0. The van der Waals surface area contributed by atoms with Crippen LogP contribution in [-0.2, 0) is 0 Å². The molecule has 0 spiro atoms. The van der Waals surface area contributed by atoms with E-state index in [0.717, 1.165) is 12.2 Å². The zero-order chi connectivity index (χ0) is 5.82. The topological polar surface area (TPSA) is 53.1 Å². The Morgan fingerprint density at radius 2 is 2.62 bits per heavy atom. The molecule has 1 aromatic heterocycles. The van der Waals surface area contributed by atoms with Gasteiger partial charge in [-0.1, -0.05) is 4.85 Å². The van der Waals surface area contributed by atoms with E-state index in [9.17, 15) is 0 Å². The molecule has 0 aliphatic heterocycles. The van der Waals surface area contributed by atoms with Crippen molar-refractivity contribution in [2.24, 2.45) is 5.14 Å². The molecule has 1 aromatic rings. The number of aromatic nitrogens is 2. The van der Waals surface area contributed by atoms with Crippen molar-refractivity contribution in [3.63, 3.8) is 0 Å². The second-order valence-electron chi connectivity index (χ2n) is 1.08. The van der Waals surface area contributed by atoms with Gasteiger partial charge in [0.15, 0.2) is 12.2 Å². The van der Waals surface area contributed by atoms with Gasteiger partial charge in [-0.3, -0.25) is 0 Å². The zero-order valence-corrected chi connectivity index (χ0v) is 4.84. The molecule has 8 heavy (non-hydrogen) atoms. The van der Waals surface area contributed by atoms with Crippen molar-refractivity contribution >= 4 is 12.2 Å². The molecule has 0 bridgehead atoms. The highest BCUT2D eigenvalue weighted by atomic mass is 32.2. The van der Waals surface area contributed by atoms with Gasteiger partial charge >= 0.3 is 0 Å². The van der Waals surface area contributed by atoms with Gasteiger partial charge in [-0.25, -0.2) is 5.14 Å². The van der Waals surface area contributed by atoms with Crippen LogP contribution >= 0.6 is 12.2 Å². The molecule has 1 rings (SSSR count). The minimum absolute atomic E-state index is 0.760. The largest absolute Gasteiger partial charge is 0.307 e. The summed E-state index contributed by atoms with van der Waals surface area (Å²) in [6.45, 7) is 0. The molecule has 0 saturated heterocycles. The predicted molar refractivity (Wildman–Crippen MR) is 30.6 cm³/mol. The van der Waals surface area contributed by atoms with Crippen LogP contribution in [0.15, 0.2) is 18.5 Å². The number of nitrogens with two attached hydrogens (primary N) is 1. The predicted octanol–water partition coefficient (Wildman–Crippen LogP) is -0.166. The Balaban J connectivity index is 2.50. The Morgan fingerprint density at radius 3 is 3.12 bits per heavy atom. The van der Waals surface area contributed by atoms with Crippen molar-refractivity contribution in [1.29, 1.82) is 0 Å². The molecule has 44 valence electrons. The van der Waals surface area contributed by atoms with Gasteiger partial charge in [0, 0.05) is 0 Å². The molecular formula is C3H5N3OS. The van der Waals surface area contributed by atoms with E-state index in [-0.39, 0.29) is 0 Å². The summed E-state index contributed by atoms with van der Waals surface area (Å²) in [6, 6.07) is 1.75. The lowest BCUT2D eigenvalue weighted by atomic mass is 10.8. The highest BCUT2D eigenvalue weighted by Crippen LogP contribution is 1.84. The van der Waals surface area contributed by atoms with Crippen LogP contribution in [0.2, 0.25) is 0 Å². The Bertz CT molecular complexity index is 140. The molecule has 0 aliphatic carbocycles. The van der Waals surface area contributed by atoms with Crippen molar-refractivity contribution < 1.29 is 4.28 Å². The third kappa shape index (κ3) is 1.14. The van der Waals surface area contributed by atoms with Gasteiger partial charge < -0.3 is 4.28 Å². The summed E-state index contributed by atoms with van der Waals surface area (Å²) < 4.78 is 4.65. The van der Waals surface area contributed by atoms with Gasteiger partial charge in [-0.15, -0.1) is 5.10 Å². The van der Waals surface area contributed by atoms with Gasteiger partial charge in [0.2, 0.25) is 0 Å². The third-order valence-corrected chi connectivity index (χ3v) is 0.838. The van der Waals surface area contributed by atoms with E-state index in [1.54, 1.807) is 18.5 Å². The third-order valence-electron chi connectivity index (χ3n) is 0.600. The lowest BCUT2D eigenvalue weighted by Crippen LogP contribution is -2.05. The van der Waals surface area contributed by atoms with E-state index < -0.39 is 0 Å². The molecule has 2 N–H and O–H groups in total. The Labute approximate surface area is 50.9 Å². The fraction of sp³-hybridized carbons (Fsp3) is 0. The van der Waals surface area contributed by atoms with Crippen LogP contribution in [0.3, 0.4) is 0 Å². The first-order valence-corrected chi connectivity index (χ1v) is 2.77. The smallest absolute Gasteiger partial charge is 0.173 e. The van der Waals surface area contributed by atoms with E-state index in [4.69, 9.17) is 5.14 Å². The quantitative estimate of drug-likeness (QED) is 0.447. The van der Waals surface area contributed by atoms with E-state index >= 15 is 0 Å². The summed E-state index contributed by atoms with van der Waals surface area (Å²) in [5, 5.41) is 8.65. The minimum Gasteiger partial charge on any atom is -0.307 e. The number of nitrogens with zero attached hydrogens (tertiary/aromatic N) is 2. The molecule has 5 heteroatoms. The van der Waals surface area contributed by atoms with Crippen LogP contribution < -0.4 is 9.42 Å². The normalized spacial score (nSPS) is 9.12. The van der Waals surface area contributed by atoms with Gasteiger partial charge in [0.05, 0.1) is 12.4 Å². The first kappa shape index (κ1) is 5.46. The van der Waals surface area contributed by atoms with Gasteiger partial charge in [-0.2, -0.15) is 0 Å². The fourth-order valence-electron chi connectivity index (χ4n) is 0.343. The molecule has 0 unspecified atom stereocenters. The zero-order valence-electron chi connectivity index (χ0n) is 4.02. The van der Waals surface area contributed by atoms with Crippen LogP contribution in [0.1, 0.15) is 0 Å². The summed E-state index contributed by atoms with van der Waals surface area (Å²) >= 11 is 0.760. The van der Waals surface area contributed by atoms with Crippen LogP contribution in [0.25, 0.3) is 0 Å².